The van der Waals surface area contributed by atoms with Gasteiger partial charge in [0.25, 0.3) is 11.7 Å². The van der Waals surface area contributed by atoms with Crippen LogP contribution >= 0.6 is 0 Å². The van der Waals surface area contributed by atoms with E-state index >= 15 is 0 Å². The van der Waals surface area contributed by atoms with Crippen LogP contribution in [0.3, 0.4) is 0 Å². The number of carbonyl (C=O) groups excluding carboxylic acids is 1. The lowest BCUT2D eigenvalue weighted by molar-refractivity contribution is 0.0983. The fourth-order valence-corrected chi connectivity index (χ4v) is 1.22. The SMILES string of the molecule is CN(C(=O)c1nn[nH]n1)c1cccc(O)c1. The van der Waals surface area contributed by atoms with E-state index in [1.807, 2.05) is 0 Å². The number of amides is 1. The van der Waals surface area contributed by atoms with Crippen LogP contribution in [0.25, 0.3) is 0 Å². The van der Waals surface area contributed by atoms with E-state index in [1.165, 1.54) is 17.0 Å². The third-order valence-electron chi connectivity index (χ3n) is 2.06. The summed E-state index contributed by atoms with van der Waals surface area (Å²) in [7, 11) is 1.56. The molecule has 2 rings (SSSR count). The monoisotopic (exact) mass is 219 g/mol. The Morgan fingerprint density at radius 1 is 1.50 bits per heavy atom. The van der Waals surface area contributed by atoms with Gasteiger partial charge in [-0.25, -0.2) is 0 Å². The molecule has 0 atom stereocenters. The van der Waals surface area contributed by atoms with Gasteiger partial charge < -0.3 is 10.0 Å². The predicted octanol–water partition coefficient (Wildman–Crippen LogP) is 0.182. The van der Waals surface area contributed by atoms with Gasteiger partial charge in [-0.15, -0.1) is 10.2 Å². The van der Waals surface area contributed by atoms with Crippen molar-refractivity contribution in [1.29, 1.82) is 0 Å². The third kappa shape index (κ3) is 1.83. The molecule has 16 heavy (non-hydrogen) atoms. The van der Waals surface area contributed by atoms with Gasteiger partial charge in [0.05, 0.1) is 0 Å². The Kier molecular flexibility index (Phi) is 2.50. The van der Waals surface area contributed by atoms with Crippen LogP contribution in [0, 0.1) is 0 Å². The molecule has 0 saturated heterocycles. The van der Waals surface area contributed by atoms with Crippen LogP contribution in [0.1, 0.15) is 10.6 Å². The Balaban J connectivity index is 2.26. The molecule has 1 amide bonds. The van der Waals surface area contributed by atoms with Gasteiger partial charge in [-0.3, -0.25) is 4.79 Å². The van der Waals surface area contributed by atoms with Gasteiger partial charge in [0.2, 0.25) is 0 Å². The highest BCUT2D eigenvalue weighted by molar-refractivity contribution is 6.02. The number of H-pyrrole nitrogens is 1. The molecule has 7 nitrogen and oxygen atoms in total. The van der Waals surface area contributed by atoms with Crippen molar-refractivity contribution < 1.29 is 9.90 Å². The second-order valence-corrected chi connectivity index (χ2v) is 3.12. The van der Waals surface area contributed by atoms with Crippen LogP contribution in [0.5, 0.6) is 5.75 Å². The minimum atomic E-state index is -0.403. The van der Waals surface area contributed by atoms with E-state index < -0.39 is 5.91 Å². The van der Waals surface area contributed by atoms with Crippen LogP contribution in [0.2, 0.25) is 0 Å². The van der Waals surface area contributed by atoms with Crippen LogP contribution in [-0.2, 0) is 0 Å². The molecule has 0 radical (unpaired) electrons. The van der Waals surface area contributed by atoms with Crippen molar-refractivity contribution in [3.05, 3.63) is 30.1 Å². The molecule has 2 N–H and O–H groups in total. The maximum atomic E-state index is 11.8. The number of phenolic OH excluding ortho intramolecular Hbond substituents is 1. The summed E-state index contributed by atoms with van der Waals surface area (Å²) in [6.07, 6.45) is 0. The van der Waals surface area contributed by atoms with Crippen molar-refractivity contribution >= 4 is 11.6 Å². The summed E-state index contributed by atoms with van der Waals surface area (Å²) >= 11 is 0. The summed E-state index contributed by atoms with van der Waals surface area (Å²) in [6.45, 7) is 0. The molecule has 0 saturated carbocycles. The van der Waals surface area contributed by atoms with Gasteiger partial charge in [-0.2, -0.15) is 5.21 Å². The Bertz CT molecular complexity index is 496. The highest BCUT2D eigenvalue weighted by Crippen LogP contribution is 2.19. The lowest BCUT2D eigenvalue weighted by Crippen LogP contribution is -2.27. The largest absolute Gasteiger partial charge is 0.508 e. The number of benzene rings is 1. The second-order valence-electron chi connectivity index (χ2n) is 3.12. The summed E-state index contributed by atoms with van der Waals surface area (Å²) in [5.41, 5.74) is 0.551. The molecule has 0 bridgehead atoms. The number of aromatic hydroxyl groups is 1. The first-order valence-electron chi connectivity index (χ1n) is 4.49. The van der Waals surface area contributed by atoms with E-state index in [0.29, 0.717) is 5.69 Å². The van der Waals surface area contributed by atoms with Crippen LogP contribution in [0.15, 0.2) is 24.3 Å². The zero-order valence-electron chi connectivity index (χ0n) is 8.45. The number of rotatable bonds is 2. The van der Waals surface area contributed by atoms with E-state index in [0.717, 1.165) is 0 Å². The quantitative estimate of drug-likeness (QED) is 0.751. The van der Waals surface area contributed by atoms with Crippen molar-refractivity contribution in [2.75, 3.05) is 11.9 Å². The molecule has 1 aromatic heterocycles. The van der Waals surface area contributed by atoms with Crippen LogP contribution in [0.4, 0.5) is 5.69 Å². The summed E-state index contributed by atoms with van der Waals surface area (Å²) in [5, 5.41) is 22.0. The number of hydrogen-bond donors (Lipinski definition) is 2. The van der Waals surface area contributed by atoms with Crippen molar-refractivity contribution in [1.82, 2.24) is 20.6 Å². The fraction of sp³-hybridized carbons (Fsp3) is 0.111. The number of aromatic nitrogens is 4. The van der Waals surface area contributed by atoms with Crippen LogP contribution < -0.4 is 4.90 Å². The Morgan fingerprint density at radius 2 is 2.31 bits per heavy atom. The first-order chi connectivity index (χ1) is 7.68. The number of tetrazole rings is 1. The minimum absolute atomic E-state index is 0.0224. The maximum absolute atomic E-state index is 11.8. The van der Waals surface area contributed by atoms with E-state index in [9.17, 15) is 9.90 Å². The van der Waals surface area contributed by atoms with Crippen molar-refractivity contribution in [3.63, 3.8) is 0 Å². The Morgan fingerprint density at radius 3 is 2.94 bits per heavy atom. The summed E-state index contributed by atoms with van der Waals surface area (Å²) in [5.74, 6) is -0.338. The molecule has 0 spiro atoms. The average Bonchev–Trinajstić information content (AvgIpc) is 2.80. The molecule has 7 heteroatoms. The minimum Gasteiger partial charge on any atom is -0.508 e. The number of nitrogens with one attached hydrogen (secondary N) is 1. The molecular formula is C9H9N5O2. The van der Waals surface area contributed by atoms with Gasteiger partial charge in [-0.05, 0) is 17.3 Å². The normalized spacial score (nSPS) is 10.1. The van der Waals surface area contributed by atoms with E-state index in [1.54, 1.807) is 19.2 Å². The Labute approximate surface area is 90.7 Å². The molecule has 2 aromatic rings. The molecule has 82 valence electrons. The number of anilines is 1. The number of carbonyl (C=O) groups is 1. The average molecular weight is 219 g/mol. The van der Waals surface area contributed by atoms with Gasteiger partial charge in [-0.1, -0.05) is 6.07 Å². The molecule has 0 fully saturated rings. The Hall–Kier alpha value is -2.44. The first kappa shape index (κ1) is 10.1. The standard InChI is InChI=1S/C9H9N5O2/c1-14(6-3-2-4-7(15)5-6)9(16)8-10-12-13-11-8/h2-5,15H,1H3,(H,10,11,12,13). The molecule has 0 aliphatic carbocycles. The number of phenols is 1. The molecule has 1 heterocycles. The third-order valence-corrected chi connectivity index (χ3v) is 2.06. The molecule has 0 aliphatic rings. The van der Waals surface area contributed by atoms with Crippen molar-refractivity contribution in [3.8, 4) is 5.75 Å². The number of aromatic amines is 1. The molecular weight excluding hydrogens is 210 g/mol. The number of nitrogens with zero attached hydrogens (tertiary/aromatic N) is 4. The van der Waals surface area contributed by atoms with E-state index in [2.05, 4.69) is 20.6 Å². The summed E-state index contributed by atoms with van der Waals surface area (Å²) in [4.78, 5) is 13.1. The molecule has 1 aromatic carbocycles. The summed E-state index contributed by atoms with van der Waals surface area (Å²) < 4.78 is 0. The molecule has 0 aliphatic heterocycles. The lowest BCUT2D eigenvalue weighted by atomic mass is 10.3. The van der Waals surface area contributed by atoms with Crippen LogP contribution in [-0.4, -0.2) is 38.7 Å². The summed E-state index contributed by atoms with van der Waals surface area (Å²) in [6, 6.07) is 6.33. The predicted molar refractivity (Wildman–Crippen MR) is 55.0 cm³/mol. The van der Waals surface area contributed by atoms with Crippen molar-refractivity contribution in [2.45, 2.75) is 0 Å². The molecule has 0 unspecified atom stereocenters. The zero-order valence-corrected chi connectivity index (χ0v) is 8.45. The van der Waals surface area contributed by atoms with E-state index in [-0.39, 0.29) is 11.6 Å². The number of hydrogen-bond acceptors (Lipinski definition) is 5. The van der Waals surface area contributed by atoms with Gasteiger partial charge >= 0.3 is 0 Å². The van der Waals surface area contributed by atoms with Gasteiger partial charge in [0.1, 0.15) is 5.75 Å². The van der Waals surface area contributed by atoms with Crippen molar-refractivity contribution in [2.24, 2.45) is 0 Å². The maximum Gasteiger partial charge on any atom is 0.299 e. The van der Waals surface area contributed by atoms with Gasteiger partial charge in [0, 0.05) is 18.8 Å². The van der Waals surface area contributed by atoms with Gasteiger partial charge in [0.15, 0.2) is 0 Å². The highest BCUT2D eigenvalue weighted by atomic mass is 16.3. The smallest absolute Gasteiger partial charge is 0.299 e. The topological polar surface area (TPSA) is 95.0 Å². The fourth-order valence-electron chi connectivity index (χ4n) is 1.22. The van der Waals surface area contributed by atoms with E-state index in [4.69, 9.17) is 0 Å². The zero-order chi connectivity index (χ0) is 11.5. The highest BCUT2D eigenvalue weighted by Gasteiger charge is 2.17. The second kappa shape index (κ2) is 3.97. The first-order valence-corrected chi connectivity index (χ1v) is 4.49. The lowest BCUT2D eigenvalue weighted by Gasteiger charge is -2.14.